The van der Waals surface area contributed by atoms with E-state index < -0.39 is 0 Å². The number of carbonyl (C=O) groups is 1. The minimum Gasteiger partial charge on any atom is -0.489 e. The SMILES string of the molecule is C=CCN1C(=O)C(=Cc2cccc(OCc3ccc(Cl)c(Cl)c3)c2)SC1=S. The third kappa shape index (κ3) is 4.93. The summed E-state index contributed by atoms with van der Waals surface area (Å²) in [5, 5.41) is 1.00. The fourth-order valence-corrected chi connectivity index (χ4v) is 4.02. The molecule has 1 aliphatic heterocycles. The first-order valence-corrected chi connectivity index (χ1v) is 9.99. The smallest absolute Gasteiger partial charge is 0.266 e. The van der Waals surface area contributed by atoms with Crippen molar-refractivity contribution in [3.8, 4) is 5.75 Å². The zero-order valence-corrected chi connectivity index (χ0v) is 17.3. The summed E-state index contributed by atoms with van der Waals surface area (Å²) < 4.78 is 6.37. The lowest BCUT2D eigenvalue weighted by molar-refractivity contribution is -0.121. The molecular weight excluding hydrogens is 421 g/mol. The van der Waals surface area contributed by atoms with Crippen LogP contribution in [0.2, 0.25) is 10.0 Å². The van der Waals surface area contributed by atoms with E-state index in [0.29, 0.717) is 38.2 Å². The summed E-state index contributed by atoms with van der Waals surface area (Å²) in [7, 11) is 0. The van der Waals surface area contributed by atoms with E-state index in [2.05, 4.69) is 6.58 Å². The molecule has 1 heterocycles. The molecule has 3 nitrogen and oxygen atoms in total. The zero-order valence-electron chi connectivity index (χ0n) is 14.2. The summed E-state index contributed by atoms with van der Waals surface area (Å²) in [5.41, 5.74) is 1.78. The van der Waals surface area contributed by atoms with Gasteiger partial charge in [0.2, 0.25) is 0 Å². The summed E-state index contributed by atoms with van der Waals surface area (Å²) >= 11 is 18.5. The molecule has 3 rings (SSSR count). The average molecular weight is 436 g/mol. The number of benzene rings is 2. The molecule has 0 atom stereocenters. The Labute approximate surface area is 177 Å². The van der Waals surface area contributed by atoms with Gasteiger partial charge in [-0.05, 0) is 41.5 Å². The maximum Gasteiger partial charge on any atom is 0.266 e. The van der Waals surface area contributed by atoms with Gasteiger partial charge in [-0.15, -0.1) is 6.58 Å². The minimum atomic E-state index is -0.105. The molecule has 1 fully saturated rings. The van der Waals surface area contributed by atoms with Crippen LogP contribution in [0.15, 0.2) is 60.0 Å². The van der Waals surface area contributed by atoms with Crippen molar-refractivity contribution in [2.45, 2.75) is 6.61 Å². The number of amides is 1. The molecule has 0 saturated carbocycles. The van der Waals surface area contributed by atoms with E-state index in [1.54, 1.807) is 18.2 Å². The summed E-state index contributed by atoms with van der Waals surface area (Å²) in [6.07, 6.45) is 3.47. The van der Waals surface area contributed by atoms with Gasteiger partial charge in [-0.25, -0.2) is 0 Å². The number of nitrogens with zero attached hydrogens (tertiary/aromatic N) is 1. The first-order chi connectivity index (χ1) is 13.0. The van der Waals surface area contributed by atoms with Gasteiger partial charge in [0.05, 0.1) is 15.0 Å². The van der Waals surface area contributed by atoms with E-state index in [-0.39, 0.29) is 5.91 Å². The number of thiocarbonyl (C=S) groups is 1. The second kappa shape index (κ2) is 8.93. The van der Waals surface area contributed by atoms with Crippen LogP contribution < -0.4 is 4.74 Å². The molecule has 0 unspecified atom stereocenters. The Morgan fingerprint density at radius 3 is 2.74 bits per heavy atom. The highest BCUT2D eigenvalue weighted by Gasteiger charge is 2.30. The van der Waals surface area contributed by atoms with E-state index in [0.717, 1.165) is 11.1 Å². The van der Waals surface area contributed by atoms with Crippen LogP contribution in [0.25, 0.3) is 6.08 Å². The van der Waals surface area contributed by atoms with Crippen LogP contribution in [0, 0.1) is 0 Å². The van der Waals surface area contributed by atoms with Crippen LogP contribution in [0.4, 0.5) is 0 Å². The van der Waals surface area contributed by atoms with Gasteiger partial charge in [0, 0.05) is 6.54 Å². The van der Waals surface area contributed by atoms with Crippen molar-refractivity contribution in [3.05, 3.63) is 81.2 Å². The summed E-state index contributed by atoms with van der Waals surface area (Å²) in [4.78, 5) is 14.5. The van der Waals surface area contributed by atoms with Gasteiger partial charge in [-0.1, -0.05) is 71.5 Å². The van der Waals surface area contributed by atoms with Crippen LogP contribution in [-0.4, -0.2) is 21.7 Å². The quantitative estimate of drug-likeness (QED) is 0.318. The fraction of sp³-hybridized carbons (Fsp3) is 0.100. The molecule has 7 heteroatoms. The molecule has 1 aliphatic rings. The molecule has 0 radical (unpaired) electrons. The van der Waals surface area contributed by atoms with Gasteiger partial charge < -0.3 is 4.74 Å². The Hall–Kier alpha value is -1.79. The standard InChI is InChI=1S/C20H15Cl2NO2S2/c1-2-8-23-19(24)18(27-20(23)26)11-13-4-3-5-15(9-13)25-12-14-6-7-16(21)17(22)10-14/h2-7,9-11H,1,8,12H2. The predicted octanol–water partition coefficient (Wildman–Crippen LogP) is 5.96. The minimum absolute atomic E-state index is 0.105. The number of rotatable bonds is 6. The lowest BCUT2D eigenvalue weighted by atomic mass is 10.2. The van der Waals surface area contributed by atoms with Crippen LogP contribution in [0.5, 0.6) is 5.75 Å². The van der Waals surface area contributed by atoms with Crippen molar-refractivity contribution in [1.29, 1.82) is 0 Å². The van der Waals surface area contributed by atoms with E-state index in [1.165, 1.54) is 16.7 Å². The topological polar surface area (TPSA) is 29.5 Å². The Morgan fingerprint density at radius 2 is 2.00 bits per heavy atom. The molecule has 0 spiro atoms. The number of carbonyl (C=O) groups excluding carboxylic acids is 1. The Bertz CT molecular complexity index is 943. The second-order valence-electron chi connectivity index (χ2n) is 5.69. The highest BCUT2D eigenvalue weighted by Crippen LogP contribution is 2.33. The normalized spacial score (nSPS) is 15.5. The van der Waals surface area contributed by atoms with E-state index in [4.69, 9.17) is 40.2 Å². The lowest BCUT2D eigenvalue weighted by Gasteiger charge is -2.10. The maximum atomic E-state index is 12.4. The molecule has 1 amide bonds. The number of hydrogen-bond donors (Lipinski definition) is 0. The number of ether oxygens (including phenoxy) is 1. The van der Waals surface area contributed by atoms with Gasteiger partial charge in [0.1, 0.15) is 16.7 Å². The van der Waals surface area contributed by atoms with Crippen molar-refractivity contribution < 1.29 is 9.53 Å². The van der Waals surface area contributed by atoms with Crippen molar-refractivity contribution in [1.82, 2.24) is 4.90 Å². The van der Waals surface area contributed by atoms with Crippen molar-refractivity contribution in [3.63, 3.8) is 0 Å². The molecule has 0 bridgehead atoms. The second-order valence-corrected chi connectivity index (χ2v) is 8.18. The molecule has 27 heavy (non-hydrogen) atoms. The summed E-state index contributed by atoms with van der Waals surface area (Å²) in [6, 6.07) is 12.9. The highest BCUT2D eigenvalue weighted by atomic mass is 35.5. The highest BCUT2D eigenvalue weighted by molar-refractivity contribution is 8.26. The van der Waals surface area contributed by atoms with Crippen molar-refractivity contribution >= 4 is 63.5 Å². The van der Waals surface area contributed by atoms with Crippen LogP contribution in [0.1, 0.15) is 11.1 Å². The van der Waals surface area contributed by atoms with Gasteiger partial charge in [-0.3, -0.25) is 9.69 Å². The molecule has 0 aliphatic carbocycles. The van der Waals surface area contributed by atoms with Gasteiger partial charge in [0.25, 0.3) is 5.91 Å². The lowest BCUT2D eigenvalue weighted by Crippen LogP contribution is -2.27. The van der Waals surface area contributed by atoms with E-state index in [9.17, 15) is 4.79 Å². The van der Waals surface area contributed by atoms with Crippen LogP contribution in [-0.2, 0) is 11.4 Å². The van der Waals surface area contributed by atoms with Gasteiger partial charge in [-0.2, -0.15) is 0 Å². The van der Waals surface area contributed by atoms with Crippen LogP contribution >= 0.6 is 47.2 Å². The summed E-state index contributed by atoms with van der Waals surface area (Å²) in [6.45, 7) is 4.43. The van der Waals surface area contributed by atoms with Crippen LogP contribution in [0.3, 0.4) is 0 Å². The Kier molecular flexibility index (Phi) is 6.60. The van der Waals surface area contributed by atoms with E-state index in [1.807, 2.05) is 36.4 Å². The molecule has 2 aromatic carbocycles. The number of thioether (sulfide) groups is 1. The maximum absolute atomic E-state index is 12.4. The molecule has 1 saturated heterocycles. The Morgan fingerprint density at radius 1 is 1.19 bits per heavy atom. The van der Waals surface area contributed by atoms with Gasteiger partial charge >= 0.3 is 0 Å². The zero-order chi connectivity index (χ0) is 19.4. The average Bonchev–Trinajstić information content (AvgIpc) is 2.91. The molecule has 138 valence electrons. The van der Waals surface area contributed by atoms with Crippen molar-refractivity contribution in [2.24, 2.45) is 0 Å². The third-order valence-corrected chi connectivity index (χ3v) is 5.85. The van der Waals surface area contributed by atoms with Crippen molar-refractivity contribution in [2.75, 3.05) is 6.54 Å². The largest absolute Gasteiger partial charge is 0.489 e. The van der Waals surface area contributed by atoms with E-state index >= 15 is 0 Å². The molecular formula is C20H15Cl2NO2S2. The van der Waals surface area contributed by atoms with Gasteiger partial charge in [0.15, 0.2) is 0 Å². The predicted molar refractivity (Wildman–Crippen MR) is 117 cm³/mol. The molecule has 0 N–H and O–H groups in total. The first-order valence-electron chi connectivity index (χ1n) is 8.01. The summed E-state index contributed by atoms with van der Waals surface area (Å²) in [5.74, 6) is 0.587. The number of halogens is 2. The number of hydrogen-bond acceptors (Lipinski definition) is 4. The fourth-order valence-electron chi connectivity index (χ4n) is 2.43. The molecule has 0 aromatic heterocycles. The Balaban J connectivity index is 1.72. The first kappa shape index (κ1) is 20.0. The monoisotopic (exact) mass is 435 g/mol. The molecule has 2 aromatic rings. The third-order valence-electron chi connectivity index (χ3n) is 3.73.